The Bertz CT molecular complexity index is 1210. The van der Waals surface area contributed by atoms with Crippen molar-refractivity contribution in [2.24, 2.45) is 5.73 Å². The van der Waals surface area contributed by atoms with Crippen LogP contribution in [0.3, 0.4) is 0 Å². The molecule has 1 fully saturated rings. The number of hydrogen-bond donors (Lipinski definition) is 2. The molecular formula is C26H33N4O5+. The first-order valence-corrected chi connectivity index (χ1v) is 12.0. The number of fused-ring (bicyclic) bond motifs is 1. The molecule has 1 atom stereocenters. The van der Waals surface area contributed by atoms with Crippen LogP contribution in [0.4, 0.5) is 0 Å². The monoisotopic (exact) mass is 481 g/mol. The fourth-order valence-corrected chi connectivity index (χ4v) is 4.83. The highest BCUT2D eigenvalue weighted by atomic mass is 16.5. The summed E-state index contributed by atoms with van der Waals surface area (Å²) in [7, 11) is 1.56. The van der Waals surface area contributed by atoms with Crippen molar-refractivity contribution in [3.8, 4) is 23.3 Å². The van der Waals surface area contributed by atoms with Gasteiger partial charge in [0.05, 0.1) is 45.0 Å². The van der Waals surface area contributed by atoms with Crippen molar-refractivity contribution in [3.05, 3.63) is 62.9 Å². The minimum Gasteiger partial charge on any atom is -0.493 e. The summed E-state index contributed by atoms with van der Waals surface area (Å²) in [4.78, 5) is 15.3. The Morgan fingerprint density at radius 2 is 2.03 bits per heavy atom. The van der Waals surface area contributed by atoms with E-state index in [1.165, 1.54) is 4.90 Å². The van der Waals surface area contributed by atoms with Crippen molar-refractivity contribution >= 4 is 0 Å². The maximum absolute atomic E-state index is 13.8. The number of nitrogens with zero attached hydrogens (tertiary/aromatic N) is 2. The lowest BCUT2D eigenvalue weighted by atomic mass is 9.84. The Hall–Kier alpha value is -3.48. The number of nitrogens with one attached hydrogen (secondary N) is 1. The molecule has 1 saturated heterocycles. The van der Waals surface area contributed by atoms with Gasteiger partial charge in [0.25, 0.3) is 5.56 Å². The van der Waals surface area contributed by atoms with E-state index in [0.717, 1.165) is 45.0 Å². The summed E-state index contributed by atoms with van der Waals surface area (Å²) in [5.74, 6) is 0.836. The first kappa shape index (κ1) is 24.6. The molecule has 0 unspecified atom stereocenters. The largest absolute Gasteiger partial charge is 0.493 e. The number of benzene rings is 1. The molecule has 2 aromatic rings. The van der Waals surface area contributed by atoms with Gasteiger partial charge in [-0.2, -0.15) is 5.26 Å². The predicted octanol–water partition coefficient (Wildman–Crippen LogP) is 1.09. The molecule has 186 valence electrons. The van der Waals surface area contributed by atoms with Gasteiger partial charge in [-0.25, -0.2) is 0 Å². The van der Waals surface area contributed by atoms with E-state index in [1.807, 2.05) is 26.0 Å². The molecule has 1 aromatic carbocycles. The molecule has 3 N–H and O–H groups in total. The van der Waals surface area contributed by atoms with E-state index in [4.69, 9.17) is 24.7 Å². The van der Waals surface area contributed by atoms with Gasteiger partial charge in [0.1, 0.15) is 30.5 Å². The van der Waals surface area contributed by atoms with Crippen LogP contribution in [0.2, 0.25) is 0 Å². The summed E-state index contributed by atoms with van der Waals surface area (Å²) < 4.78 is 24.1. The van der Waals surface area contributed by atoms with E-state index in [0.29, 0.717) is 41.5 Å². The SMILES string of the molecule is CCOc1ccc([C@H]2C(C#N)=C(N)Oc3cc(C)n(CCC[NH+]4CCOCC4)c(=O)c32)cc1OC. The van der Waals surface area contributed by atoms with Crippen molar-refractivity contribution in [3.63, 3.8) is 0 Å². The van der Waals surface area contributed by atoms with E-state index in [2.05, 4.69) is 6.07 Å². The van der Waals surface area contributed by atoms with Crippen molar-refractivity contribution < 1.29 is 23.8 Å². The van der Waals surface area contributed by atoms with E-state index >= 15 is 0 Å². The summed E-state index contributed by atoms with van der Waals surface area (Å²) in [6.45, 7) is 9.37. The number of quaternary nitrogens is 1. The fourth-order valence-electron chi connectivity index (χ4n) is 4.83. The second-order valence-electron chi connectivity index (χ2n) is 8.75. The van der Waals surface area contributed by atoms with Gasteiger partial charge in [0, 0.05) is 24.7 Å². The first-order valence-electron chi connectivity index (χ1n) is 12.0. The Labute approximate surface area is 205 Å². The molecule has 9 nitrogen and oxygen atoms in total. The van der Waals surface area contributed by atoms with E-state index in [9.17, 15) is 10.1 Å². The zero-order valence-electron chi connectivity index (χ0n) is 20.6. The van der Waals surface area contributed by atoms with Gasteiger partial charge >= 0.3 is 0 Å². The summed E-state index contributed by atoms with van der Waals surface area (Å²) in [5.41, 5.74) is 8.08. The van der Waals surface area contributed by atoms with Gasteiger partial charge in [-0.1, -0.05) is 6.07 Å². The van der Waals surface area contributed by atoms with Gasteiger partial charge in [-0.15, -0.1) is 0 Å². The number of aromatic nitrogens is 1. The standard InChI is InChI=1S/C26H32N4O5/c1-4-34-20-7-6-18(15-21(20)32-3)23-19(16-27)25(28)35-22-14-17(2)30(26(31)24(22)23)9-5-8-29-10-12-33-13-11-29/h6-7,14-15,23H,4-5,8-13,28H2,1-3H3/p+1/t23-/m0/s1. The van der Waals surface area contributed by atoms with Crippen molar-refractivity contribution in [1.82, 2.24) is 4.57 Å². The fraction of sp³-hybridized carbons (Fsp3) is 0.462. The number of morpholine rings is 1. The van der Waals surface area contributed by atoms with Gasteiger partial charge in [-0.05, 0) is 31.5 Å². The third kappa shape index (κ3) is 4.99. The number of methoxy groups -OCH3 is 1. The zero-order chi connectivity index (χ0) is 24.9. The minimum absolute atomic E-state index is 0.00492. The topological polar surface area (TPSA) is 113 Å². The molecule has 0 bridgehead atoms. The van der Waals surface area contributed by atoms with Crippen LogP contribution in [0.5, 0.6) is 17.2 Å². The number of allylic oxidation sites excluding steroid dienone is 1. The lowest BCUT2D eigenvalue weighted by Crippen LogP contribution is -3.14. The molecule has 2 aliphatic rings. The number of nitriles is 1. The van der Waals surface area contributed by atoms with Crippen LogP contribution in [0.1, 0.15) is 36.1 Å². The third-order valence-electron chi connectivity index (χ3n) is 6.62. The van der Waals surface area contributed by atoms with Crippen molar-refractivity contribution in [2.45, 2.75) is 32.7 Å². The second-order valence-corrected chi connectivity index (χ2v) is 8.75. The van der Waals surface area contributed by atoms with Crippen LogP contribution in [-0.2, 0) is 11.3 Å². The van der Waals surface area contributed by atoms with Crippen LogP contribution >= 0.6 is 0 Å². The summed E-state index contributed by atoms with van der Waals surface area (Å²) in [5, 5.41) is 9.94. The Morgan fingerprint density at radius 3 is 2.71 bits per heavy atom. The lowest BCUT2D eigenvalue weighted by molar-refractivity contribution is -0.908. The molecule has 4 rings (SSSR count). The maximum Gasteiger partial charge on any atom is 0.258 e. The van der Waals surface area contributed by atoms with Crippen molar-refractivity contribution in [1.29, 1.82) is 5.26 Å². The molecular weight excluding hydrogens is 448 g/mol. The molecule has 0 saturated carbocycles. The first-order chi connectivity index (χ1) is 17.0. The highest BCUT2D eigenvalue weighted by molar-refractivity contribution is 5.57. The summed E-state index contributed by atoms with van der Waals surface area (Å²) in [6.07, 6.45) is 0.861. The normalized spacial score (nSPS) is 17.9. The number of ether oxygens (including phenoxy) is 4. The predicted molar refractivity (Wildman–Crippen MR) is 130 cm³/mol. The molecule has 0 amide bonds. The van der Waals surface area contributed by atoms with Gasteiger partial charge in [0.2, 0.25) is 5.88 Å². The Kier molecular flexibility index (Phi) is 7.63. The zero-order valence-corrected chi connectivity index (χ0v) is 20.6. The van der Waals surface area contributed by atoms with Gasteiger partial charge in [-0.3, -0.25) is 4.79 Å². The maximum atomic E-state index is 13.8. The highest BCUT2D eigenvalue weighted by Gasteiger charge is 2.35. The molecule has 35 heavy (non-hydrogen) atoms. The molecule has 0 spiro atoms. The van der Waals surface area contributed by atoms with Gasteiger partial charge < -0.3 is 34.1 Å². The number of pyridine rings is 1. The Morgan fingerprint density at radius 1 is 1.26 bits per heavy atom. The highest BCUT2D eigenvalue weighted by Crippen LogP contribution is 2.42. The molecule has 2 aliphatic heterocycles. The summed E-state index contributed by atoms with van der Waals surface area (Å²) >= 11 is 0. The van der Waals surface area contributed by atoms with E-state index < -0.39 is 5.92 Å². The second kappa shape index (κ2) is 10.8. The van der Waals surface area contributed by atoms with Crippen LogP contribution in [0.25, 0.3) is 0 Å². The average Bonchev–Trinajstić information content (AvgIpc) is 2.86. The number of hydrogen-bond acceptors (Lipinski definition) is 7. The lowest BCUT2D eigenvalue weighted by Gasteiger charge is -2.28. The molecule has 3 heterocycles. The number of nitrogens with two attached hydrogens (primary N) is 1. The van der Waals surface area contributed by atoms with E-state index in [-0.39, 0.29) is 17.0 Å². The summed E-state index contributed by atoms with van der Waals surface area (Å²) in [6, 6.07) is 9.41. The van der Waals surface area contributed by atoms with Crippen LogP contribution in [0, 0.1) is 18.3 Å². The molecule has 9 heteroatoms. The van der Waals surface area contributed by atoms with E-state index in [1.54, 1.807) is 23.8 Å². The average molecular weight is 482 g/mol. The third-order valence-corrected chi connectivity index (χ3v) is 6.62. The quantitative estimate of drug-likeness (QED) is 0.580. The molecule has 1 aromatic heterocycles. The van der Waals surface area contributed by atoms with Crippen molar-refractivity contribution in [2.75, 3.05) is 46.6 Å². The molecule has 0 aliphatic carbocycles. The minimum atomic E-state index is -0.669. The van der Waals surface area contributed by atoms with Crippen LogP contribution in [0.15, 0.2) is 40.5 Å². The number of aryl methyl sites for hydroxylation is 1. The van der Waals surface area contributed by atoms with Gasteiger partial charge in [0.15, 0.2) is 11.5 Å². The number of rotatable bonds is 8. The smallest absolute Gasteiger partial charge is 0.258 e. The van der Waals surface area contributed by atoms with Crippen LogP contribution < -0.4 is 30.4 Å². The Balaban J connectivity index is 1.73. The van der Waals surface area contributed by atoms with Crippen LogP contribution in [-0.4, -0.2) is 51.1 Å². The molecule has 0 radical (unpaired) electrons.